The summed E-state index contributed by atoms with van der Waals surface area (Å²) in [5, 5.41) is 12.5. The molecule has 1 aliphatic rings. The highest BCUT2D eigenvalue weighted by Gasteiger charge is 2.34. The fourth-order valence-electron chi connectivity index (χ4n) is 1.86. The van der Waals surface area contributed by atoms with E-state index in [4.69, 9.17) is 0 Å². The van der Waals surface area contributed by atoms with Gasteiger partial charge < -0.3 is 15.0 Å². The summed E-state index contributed by atoms with van der Waals surface area (Å²) in [6, 6.07) is 3.03. The van der Waals surface area contributed by atoms with Crippen LogP contribution in [0.2, 0.25) is 0 Å². The first-order valence-corrected chi connectivity index (χ1v) is 6.63. The molecular weight excluding hydrogens is 300 g/mol. The molecule has 6 heteroatoms. The normalized spacial score (nSPS) is 17.0. The Balaban J connectivity index is 1.90. The average Bonchev–Trinajstić information content (AvgIpc) is 2.29. The SMILES string of the molecule is O=C(Cn1cc(Br)ccc1=O)NCC1(O)CCC1. The van der Waals surface area contributed by atoms with Crippen LogP contribution in [-0.4, -0.2) is 27.7 Å². The fraction of sp³-hybridized carbons (Fsp3) is 0.500. The number of nitrogens with one attached hydrogen (secondary N) is 1. The van der Waals surface area contributed by atoms with Crippen LogP contribution in [0.5, 0.6) is 0 Å². The summed E-state index contributed by atoms with van der Waals surface area (Å²) in [5.41, 5.74) is -0.964. The van der Waals surface area contributed by atoms with Crippen LogP contribution in [0, 0.1) is 0 Å². The highest BCUT2D eigenvalue weighted by Crippen LogP contribution is 2.30. The van der Waals surface area contributed by atoms with E-state index in [1.165, 1.54) is 10.6 Å². The van der Waals surface area contributed by atoms with Crippen molar-refractivity contribution in [2.45, 2.75) is 31.4 Å². The van der Waals surface area contributed by atoms with Crippen molar-refractivity contribution in [1.29, 1.82) is 0 Å². The minimum absolute atomic E-state index is 0.0334. The fourth-order valence-corrected chi connectivity index (χ4v) is 2.24. The van der Waals surface area contributed by atoms with E-state index < -0.39 is 5.60 Å². The molecule has 1 saturated carbocycles. The van der Waals surface area contributed by atoms with Crippen molar-refractivity contribution in [1.82, 2.24) is 9.88 Å². The zero-order valence-corrected chi connectivity index (χ0v) is 11.4. The lowest BCUT2D eigenvalue weighted by Crippen LogP contribution is -2.48. The lowest BCUT2D eigenvalue weighted by Gasteiger charge is -2.36. The van der Waals surface area contributed by atoms with Crippen molar-refractivity contribution < 1.29 is 9.90 Å². The van der Waals surface area contributed by atoms with Crippen LogP contribution in [0.1, 0.15) is 19.3 Å². The monoisotopic (exact) mass is 314 g/mol. The lowest BCUT2D eigenvalue weighted by atomic mass is 9.80. The first kappa shape index (κ1) is 13.3. The van der Waals surface area contributed by atoms with E-state index in [0.29, 0.717) is 0 Å². The second-order valence-corrected chi connectivity index (χ2v) is 5.58. The summed E-state index contributed by atoms with van der Waals surface area (Å²) < 4.78 is 2.07. The van der Waals surface area contributed by atoms with Crippen molar-refractivity contribution in [3.63, 3.8) is 0 Å². The standard InChI is InChI=1S/C12H15BrN2O3/c13-9-2-3-11(17)15(6-9)7-10(16)14-8-12(18)4-1-5-12/h2-3,6,18H,1,4-5,7-8H2,(H,14,16). The Bertz CT molecular complexity index is 508. The van der Waals surface area contributed by atoms with Crippen LogP contribution in [0.3, 0.4) is 0 Å². The van der Waals surface area contributed by atoms with Crippen molar-refractivity contribution in [2.24, 2.45) is 0 Å². The van der Waals surface area contributed by atoms with Gasteiger partial charge in [-0.2, -0.15) is 0 Å². The van der Waals surface area contributed by atoms with Gasteiger partial charge in [0.1, 0.15) is 6.54 Å². The van der Waals surface area contributed by atoms with Crippen molar-refractivity contribution in [2.75, 3.05) is 6.54 Å². The van der Waals surface area contributed by atoms with E-state index in [0.717, 1.165) is 23.7 Å². The quantitative estimate of drug-likeness (QED) is 0.857. The van der Waals surface area contributed by atoms with Gasteiger partial charge in [-0.15, -0.1) is 0 Å². The first-order chi connectivity index (χ1) is 8.48. The van der Waals surface area contributed by atoms with Gasteiger partial charge in [0.05, 0.1) is 5.60 Å². The highest BCUT2D eigenvalue weighted by atomic mass is 79.9. The minimum Gasteiger partial charge on any atom is -0.388 e. The van der Waals surface area contributed by atoms with Gasteiger partial charge in [0.15, 0.2) is 0 Å². The molecule has 1 heterocycles. The molecule has 1 fully saturated rings. The van der Waals surface area contributed by atoms with Gasteiger partial charge >= 0.3 is 0 Å². The number of rotatable bonds is 4. The van der Waals surface area contributed by atoms with Crippen LogP contribution in [-0.2, 0) is 11.3 Å². The van der Waals surface area contributed by atoms with Crippen molar-refractivity contribution in [3.05, 3.63) is 33.2 Å². The minimum atomic E-state index is -0.738. The number of halogens is 1. The predicted molar refractivity (Wildman–Crippen MR) is 70.2 cm³/mol. The van der Waals surface area contributed by atoms with Crippen LogP contribution in [0.25, 0.3) is 0 Å². The van der Waals surface area contributed by atoms with Gasteiger partial charge in [-0.25, -0.2) is 0 Å². The number of amides is 1. The Morgan fingerprint density at radius 3 is 2.83 bits per heavy atom. The van der Waals surface area contributed by atoms with E-state index in [1.807, 2.05) is 0 Å². The number of pyridine rings is 1. The molecule has 2 rings (SSSR count). The number of hydrogen-bond donors (Lipinski definition) is 2. The Kier molecular flexibility index (Phi) is 3.87. The lowest BCUT2D eigenvalue weighted by molar-refractivity contribution is -0.124. The van der Waals surface area contributed by atoms with Gasteiger partial charge in [0.2, 0.25) is 5.91 Å². The second kappa shape index (κ2) is 5.24. The van der Waals surface area contributed by atoms with E-state index in [9.17, 15) is 14.7 Å². The molecule has 98 valence electrons. The van der Waals surface area contributed by atoms with E-state index in [1.54, 1.807) is 12.3 Å². The first-order valence-electron chi connectivity index (χ1n) is 5.84. The largest absolute Gasteiger partial charge is 0.388 e. The van der Waals surface area contributed by atoms with E-state index >= 15 is 0 Å². The molecule has 0 bridgehead atoms. The van der Waals surface area contributed by atoms with Crippen LogP contribution >= 0.6 is 15.9 Å². The number of carbonyl (C=O) groups is 1. The number of nitrogens with zero attached hydrogens (tertiary/aromatic N) is 1. The maximum absolute atomic E-state index is 11.7. The molecule has 5 nitrogen and oxygen atoms in total. The molecule has 0 spiro atoms. The molecule has 1 aromatic heterocycles. The Hall–Kier alpha value is -1.14. The summed E-state index contributed by atoms with van der Waals surface area (Å²) in [5.74, 6) is -0.268. The maximum atomic E-state index is 11.7. The zero-order chi connectivity index (χ0) is 13.2. The molecule has 0 aliphatic heterocycles. The third-order valence-electron chi connectivity index (χ3n) is 3.16. The molecule has 1 aliphatic carbocycles. The number of aromatic nitrogens is 1. The molecule has 1 amide bonds. The summed E-state index contributed by atoms with van der Waals surface area (Å²) in [4.78, 5) is 23.2. The summed E-state index contributed by atoms with van der Waals surface area (Å²) in [7, 11) is 0. The molecule has 18 heavy (non-hydrogen) atoms. The molecule has 0 saturated heterocycles. The van der Waals surface area contributed by atoms with Gasteiger partial charge in [-0.3, -0.25) is 9.59 Å². The molecule has 0 radical (unpaired) electrons. The smallest absolute Gasteiger partial charge is 0.251 e. The molecule has 0 atom stereocenters. The van der Waals surface area contributed by atoms with Crippen LogP contribution < -0.4 is 10.9 Å². The number of aliphatic hydroxyl groups is 1. The van der Waals surface area contributed by atoms with Gasteiger partial charge in [0, 0.05) is 23.3 Å². The summed E-state index contributed by atoms with van der Waals surface area (Å²) in [6.07, 6.45) is 4.02. The van der Waals surface area contributed by atoms with Crippen molar-refractivity contribution in [3.8, 4) is 0 Å². The second-order valence-electron chi connectivity index (χ2n) is 4.67. The Morgan fingerprint density at radius 2 is 2.22 bits per heavy atom. The van der Waals surface area contributed by atoms with Gasteiger partial charge in [-0.05, 0) is 41.3 Å². The van der Waals surface area contributed by atoms with E-state index in [2.05, 4.69) is 21.2 Å². The van der Waals surface area contributed by atoms with Crippen LogP contribution in [0.15, 0.2) is 27.6 Å². The summed E-state index contributed by atoms with van der Waals surface area (Å²) in [6.45, 7) is 0.225. The van der Waals surface area contributed by atoms with Gasteiger partial charge in [0.25, 0.3) is 5.56 Å². The third-order valence-corrected chi connectivity index (χ3v) is 3.63. The zero-order valence-electron chi connectivity index (χ0n) is 9.86. The number of hydrogen-bond acceptors (Lipinski definition) is 3. The van der Waals surface area contributed by atoms with E-state index in [-0.39, 0.29) is 24.6 Å². The molecular formula is C12H15BrN2O3. The average molecular weight is 315 g/mol. The van der Waals surface area contributed by atoms with Crippen molar-refractivity contribution >= 4 is 21.8 Å². The maximum Gasteiger partial charge on any atom is 0.251 e. The molecule has 0 aromatic carbocycles. The molecule has 1 aromatic rings. The number of carbonyl (C=O) groups excluding carboxylic acids is 1. The molecule has 2 N–H and O–H groups in total. The summed E-state index contributed by atoms with van der Waals surface area (Å²) >= 11 is 3.25. The Morgan fingerprint density at radius 1 is 1.50 bits per heavy atom. The van der Waals surface area contributed by atoms with Crippen LogP contribution in [0.4, 0.5) is 0 Å². The topological polar surface area (TPSA) is 71.3 Å². The Labute approximate surface area is 113 Å². The van der Waals surface area contributed by atoms with Gasteiger partial charge in [-0.1, -0.05) is 0 Å². The highest BCUT2D eigenvalue weighted by molar-refractivity contribution is 9.10. The molecule has 0 unspecified atom stereocenters. The predicted octanol–water partition coefficient (Wildman–Crippen LogP) is 0.642. The third kappa shape index (κ3) is 3.20.